The van der Waals surface area contributed by atoms with Gasteiger partial charge in [0.05, 0.1) is 18.9 Å². The number of ether oxygens (including phenoxy) is 2. The third-order valence-corrected chi connectivity index (χ3v) is 5.10. The zero-order valence-corrected chi connectivity index (χ0v) is 17.4. The number of hydrogen-bond acceptors (Lipinski definition) is 6. The minimum absolute atomic E-state index is 0.0728. The lowest BCUT2D eigenvalue weighted by atomic mass is 10.0. The predicted molar refractivity (Wildman–Crippen MR) is 115 cm³/mol. The van der Waals surface area contributed by atoms with Crippen molar-refractivity contribution in [3.05, 3.63) is 69.8 Å². The largest absolute Gasteiger partial charge is 0.494 e. The molecule has 1 aliphatic rings. The summed E-state index contributed by atoms with van der Waals surface area (Å²) in [6, 6.07) is 11.5. The summed E-state index contributed by atoms with van der Waals surface area (Å²) in [7, 11) is 0. The Labute approximate surface area is 175 Å². The van der Waals surface area contributed by atoms with Gasteiger partial charge in [0.15, 0.2) is 5.82 Å². The van der Waals surface area contributed by atoms with Gasteiger partial charge in [-0.3, -0.25) is 14.7 Å². The van der Waals surface area contributed by atoms with Crippen molar-refractivity contribution in [3.8, 4) is 23.0 Å². The molecule has 3 heterocycles. The molecule has 7 heteroatoms. The van der Waals surface area contributed by atoms with Gasteiger partial charge in [0.1, 0.15) is 17.2 Å². The van der Waals surface area contributed by atoms with Gasteiger partial charge in [-0.05, 0) is 38.5 Å². The van der Waals surface area contributed by atoms with Gasteiger partial charge >= 0.3 is 0 Å². The van der Waals surface area contributed by atoms with Crippen LogP contribution >= 0.6 is 0 Å². The maximum Gasteiger partial charge on any atom is 0.254 e. The summed E-state index contributed by atoms with van der Waals surface area (Å²) in [5, 5.41) is 0. The molecule has 7 nitrogen and oxygen atoms in total. The molecule has 0 radical (unpaired) electrons. The maximum absolute atomic E-state index is 12.6. The van der Waals surface area contributed by atoms with Crippen molar-refractivity contribution in [1.29, 1.82) is 0 Å². The molecule has 0 bridgehead atoms. The number of pyridine rings is 1. The van der Waals surface area contributed by atoms with Crippen LogP contribution in [0.15, 0.2) is 47.4 Å². The summed E-state index contributed by atoms with van der Waals surface area (Å²) < 4.78 is 11.5. The highest BCUT2D eigenvalue weighted by atomic mass is 16.5. The van der Waals surface area contributed by atoms with E-state index < -0.39 is 0 Å². The van der Waals surface area contributed by atoms with Crippen molar-refractivity contribution in [2.45, 2.75) is 33.4 Å². The van der Waals surface area contributed by atoms with Crippen LogP contribution in [0.25, 0.3) is 11.5 Å². The molecule has 0 unspecified atom stereocenters. The van der Waals surface area contributed by atoms with Crippen LogP contribution in [0.1, 0.15) is 30.7 Å². The highest BCUT2D eigenvalue weighted by molar-refractivity contribution is 5.49. The summed E-state index contributed by atoms with van der Waals surface area (Å²) in [5.74, 6) is 2.15. The molecular formula is C23H26N4O3. The Hall–Kier alpha value is -3.19. The summed E-state index contributed by atoms with van der Waals surface area (Å²) >= 11 is 0. The Morgan fingerprint density at radius 1 is 1.13 bits per heavy atom. The number of fused-ring (bicyclic) bond motifs is 1. The van der Waals surface area contributed by atoms with E-state index in [1.165, 1.54) is 0 Å². The Bertz CT molecular complexity index is 1070. The van der Waals surface area contributed by atoms with E-state index in [0.717, 1.165) is 34.9 Å². The van der Waals surface area contributed by atoms with Gasteiger partial charge in [-0.2, -0.15) is 0 Å². The first kappa shape index (κ1) is 20.1. The lowest BCUT2D eigenvalue weighted by Crippen LogP contribution is -2.35. The quantitative estimate of drug-likeness (QED) is 0.649. The molecule has 156 valence electrons. The molecular weight excluding hydrogens is 380 g/mol. The van der Waals surface area contributed by atoms with Gasteiger partial charge < -0.3 is 14.5 Å². The molecule has 2 aromatic heterocycles. The van der Waals surface area contributed by atoms with Crippen LogP contribution in [0.3, 0.4) is 0 Å². The Balaban J connectivity index is 1.57. The first-order valence-electron chi connectivity index (χ1n) is 10.3. The molecule has 0 atom stereocenters. The highest BCUT2D eigenvalue weighted by Gasteiger charge is 2.22. The number of H-pyrrole nitrogens is 1. The number of nitrogens with zero attached hydrogens (tertiary/aromatic N) is 3. The Kier molecular flexibility index (Phi) is 6.09. The number of hydrogen-bond donors (Lipinski definition) is 1. The molecule has 0 spiro atoms. The Morgan fingerprint density at radius 3 is 2.77 bits per heavy atom. The lowest BCUT2D eigenvalue weighted by molar-refractivity contribution is 0.234. The number of aromatic amines is 1. The van der Waals surface area contributed by atoms with Crippen LogP contribution in [-0.2, 0) is 19.5 Å². The molecule has 0 amide bonds. The third kappa shape index (κ3) is 4.36. The van der Waals surface area contributed by atoms with Crippen LogP contribution in [-0.4, -0.2) is 39.6 Å². The fourth-order valence-corrected chi connectivity index (χ4v) is 3.71. The van der Waals surface area contributed by atoms with E-state index in [0.29, 0.717) is 44.2 Å². The molecule has 0 aliphatic carbocycles. The second-order valence-corrected chi connectivity index (χ2v) is 7.15. The molecule has 1 aliphatic heterocycles. The summed E-state index contributed by atoms with van der Waals surface area (Å²) in [6.07, 6.45) is 2.36. The van der Waals surface area contributed by atoms with Gasteiger partial charge in [-0.15, -0.1) is 0 Å². The zero-order valence-electron chi connectivity index (χ0n) is 17.4. The van der Waals surface area contributed by atoms with E-state index >= 15 is 0 Å². The maximum atomic E-state index is 12.6. The van der Waals surface area contributed by atoms with E-state index in [1.807, 2.05) is 44.2 Å². The summed E-state index contributed by atoms with van der Waals surface area (Å²) in [6.45, 7) is 7.27. The first-order valence-corrected chi connectivity index (χ1v) is 10.3. The van der Waals surface area contributed by atoms with Gasteiger partial charge in [0, 0.05) is 43.0 Å². The van der Waals surface area contributed by atoms with Crippen LogP contribution < -0.4 is 15.0 Å². The van der Waals surface area contributed by atoms with Crippen molar-refractivity contribution in [1.82, 2.24) is 19.9 Å². The minimum Gasteiger partial charge on any atom is -0.494 e. The van der Waals surface area contributed by atoms with Crippen molar-refractivity contribution in [2.24, 2.45) is 0 Å². The molecule has 3 aromatic rings. The van der Waals surface area contributed by atoms with Gasteiger partial charge in [0.2, 0.25) is 0 Å². The van der Waals surface area contributed by atoms with E-state index in [2.05, 4.69) is 20.9 Å². The van der Waals surface area contributed by atoms with Crippen LogP contribution in [0.2, 0.25) is 0 Å². The lowest BCUT2D eigenvalue weighted by Gasteiger charge is -2.28. The molecule has 0 saturated heterocycles. The van der Waals surface area contributed by atoms with E-state index in [9.17, 15) is 4.79 Å². The van der Waals surface area contributed by atoms with Gasteiger partial charge in [-0.1, -0.05) is 12.1 Å². The average Bonchev–Trinajstić information content (AvgIpc) is 2.76. The van der Waals surface area contributed by atoms with Crippen molar-refractivity contribution in [3.63, 3.8) is 0 Å². The van der Waals surface area contributed by atoms with Crippen molar-refractivity contribution >= 4 is 0 Å². The topological polar surface area (TPSA) is 80.3 Å². The molecule has 0 fully saturated rings. The molecule has 30 heavy (non-hydrogen) atoms. The van der Waals surface area contributed by atoms with E-state index in [-0.39, 0.29) is 5.56 Å². The van der Waals surface area contributed by atoms with Gasteiger partial charge in [-0.25, -0.2) is 4.98 Å². The Morgan fingerprint density at radius 2 is 2.00 bits per heavy atom. The zero-order chi connectivity index (χ0) is 20.9. The number of rotatable bonds is 7. The van der Waals surface area contributed by atoms with E-state index in [4.69, 9.17) is 14.5 Å². The number of aromatic nitrogens is 3. The number of benzene rings is 1. The smallest absolute Gasteiger partial charge is 0.254 e. The molecule has 1 N–H and O–H groups in total. The van der Waals surface area contributed by atoms with E-state index in [1.54, 1.807) is 6.20 Å². The SMILES string of the molecule is CCOc1ccc(CN2CCc3c(nc(-c4ccccn4)[nH]c3=O)C2)c(OCC)c1. The fourth-order valence-electron chi connectivity index (χ4n) is 3.71. The second-order valence-electron chi connectivity index (χ2n) is 7.15. The van der Waals surface area contributed by atoms with Crippen molar-refractivity contribution in [2.75, 3.05) is 19.8 Å². The summed E-state index contributed by atoms with van der Waals surface area (Å²) in [5.41, 5.74) is 3.27. The monoisotopic (exact) mass is 406 g/mol. The standard InChI is InChI=1S/C23H26N4O3/c1-3-29-17-9-8-16(21(13-17)30-4-2)14-27-12-10-18-20(15-27)25-22(26-23(18)28)19-7-5-6-11-24-19/h5-9,11,13H,3-4,10,12,14-15H2,1-2H3,(H,25,26,28). The van der Waals surface area contributed by atoms with Gasteiger partial charge in [0.25, 0.3) is 5.56 Å². The third-order valence-electron chi connectivity index (χ3n) is 5.10. The highest BCUT2D eigenvalue weighted by Crippen LogP contribution is 2.28. The minimum atomic E-state index is -0.0728. The van der Waals surface area contributed by atoms with Crippen LogP contribution in [0.4, 0.5) is 0 Å². The fraction of sp³-hybridized carbons (Fsp3) is 0.348. The van der Waals surface area contributed by atoms with Crippen molar-refractivity contribution < 1.29 is 9.47 Å². The average molecular weight is 406 g/mol. The predicted octanol–water partition coefficient (Wildman–Crippen LogP) is 3.19. The molecule has 1 aromatic carbocycles. The second kappa shape index (κ2) is 9.09. The molecule has 4 rings (SSSR count). The first-order chi connectivity index (χ1) is 14.7. The summed E-state index contributed by atoms with van der Waals surface area (Å²) in [4.78, 5) is 26.8. The number of nitrogens with one attached hydrogen (secondary N) is 1. The van der Waals surface area contributed by atoms with Crippen LogP contribution in [0, 0.1) is 0 Å². The molecule has 0 saturated carbocycles. The normalized spacial score (nSPS) is 13.7. The van der Waals surface area contributed by atoms with Crippen LogP contribution in [0.5, 0.6) is 11.5 Å².